The Bertz CT molecular complexity index is 773. The zero-order chi connectivity index (χ0) is 13.4. The van der Waals surface area contributed by atoms with Gasteiger partial charge in [-0.25, -0.2) is 19.9 Å². The zero-order valence-electron chi connectivity index (χ0n) is 10.4. The van der Waals surface area contributed by atoms with Crippen LogP contribution in [0.25, 0.3) is 10.2 Å². The summed E-state index contributed by atoms with van der Waals surface area (Å²) < 4.78 is 2.47. The molecule has 0 amide bonds. The molecule has 3 aromatic heterocycles. The van der Waals surface area contributed by atoms with Crippen molar-refractivity contribution < 1.29 is 0 Å². The van der Waals surface area contributed by atoms with Gasteiger partial charge in [0.1, 0.15) is 12.1 Å². The zero-order valence-corrected chi connectivity index (χ0v) is 11.2. The number of nitrogens with zero attached hydrogens (tertiary/aromatic N) is 4. The van der Waals surface area contributed by atoms with Crippen molar-refractivity contribution in [2.24, 2.45) is 7.05 Å². The summed E-state index contributed by atoms with van der Waals surface area (Å²) in [6, 6.07) is 1.81. The molecule has 0 aliphatic carbocycles. The van der Waals surface area contributed by atoms with E-state index in [0.717, 1.165) is 16.0 Å². The molecule has 0 aliphatic heterocycles. The van der Waals surface area contributed by atoms with Crippen LogP contribution in [0.4, 0.5) is 5.82 Å². The second kappa shape index (κ2) is 4.47. The number of hydrogen-bond acceptors (Lipinski definition) is 6. The van der Waals surface area contributed by atoms with Gasteiger partial charge < -0.3 is 5.32 Å². The van der Waals surface area contributed by atoms with E-state index in [9.17, 15) is 4.79 Å². The van der Waals surface area contributed by atoms with Crippen LogP contribution in [0.15, 0.2) is 22.6 Å². The van der Waals surface area contributed by atoms with Crippen LogP contribution in [-0.2, 0) is 7.05 Å². The highest BCUT2D eigenvalue weighted by atomic mass is 32.1. The number of thiophene rings is 1. The standard InChI is InChI=1S/C11H12N6OS/c1-6(10-15-16-11(18)17(10)2)14-9-8-7(3-4-19-8)12-5-13-9/h3-6H,1-2H3,(H,16,18)(H,12,13,14). The Hall–Kier alpha value is -2.22. The quantitative estimate of drug-likeness (QED) is 0.752. The summed E-state index contributed by atoms with van der Waals surface area (Å²) >= 11 is 1.58. The van der Waals surface area contributed by atoms with Gasteiger partial charge in [0.05, 0.1) is 16.3 Å². The van der Waals surface area contributed by atoms with E-state index in [4.69, 9.17) is 0 Å². The summed E-state index contributed by atoms with van der Waals surface area (Å²) in [5.74, 6) is 1.39. The number of aromatic nitrogens is 5. The van der Waals surface area contributed by atoms with Crippen molar-refractivity contribution in [2.45, 2.75) is 13.0 Å². The smallest absolute Gasteiger partial charge is 0.343 e. The summed E-state index contributed by atoms with van der Waals surface area (Å²) in [5.41, 5.74) is 0.679. The highest BCUT2D eigenvalue weighted by molar-refractivity contribution is 7.17. The first kappa shape index (κ1) is 11.8. The molecule has 0 saturated carbocycles. The van der Waals surface area contributed by atoms with Crippen LogP contribution in [0, 0.1) is 0 Å². The largest absolute Gasteiger partial charge is 0.359 e. The van der Waals surface area contributed by atoms with Gasteiger partial charge in [-0.1, -0.05) is 0 Å². The fourth-order valence-corrected chi connectivity index (χ4v) is 2.71. The van der Waals surface area contributed by atoms with Crippen LogP contribution in [0.5, 0.6) is 0 Å². The molecule has 7 nitrogen and oxygen atoms in total. The van der Waals surface area contributed by atoms with Crippen molar-refractivity contribution in [3.05, 3.63) is 34.1 Å². The molecule has 3 rings (SSSR count). The predicted molar refractivity (Wildman–Crippen MR) is 73.3 cm³/mol. The van der Waals surface area contributed by atoms with Gasteiger partial charge in [0, 0.05) is 7.05 Å². The highest BCUT2D eigenvalue weighted by Gasteiger charge is 2.15. The topological polar surface area (TPSA) is 88.5 Å². The van der Waals surface area contributed by atoms with Gasteiger partial charge in [-0.3, -0.25) is 4.57 Å². The van der Waals surface area contributed by atoms with Gasteiger partial charge in [0.2, 0.25) is 0 Å². The Labute approximate surface area is 112 Å². The van der Waals surface area contributed by atoms with E-state index in [1.54, 1.807) is 18.4 Å². The number of rotatable bonds is 3. The average Bonchev–Trinajstić information content (AvgIpc) is 2.98. The third-order valence-corrected chi connectivity index (χ3v) is 3.81. The molecule has 2 N–H and O–H groups in total. The first-order chi connectivity index (χ1) is 9.16. The SMILES string of the molecule is CC(Nc1ncnc2ccsc12)c1n[nH]c(=O)n1C. The maximum Gasteiger partial charge on any atom is 0.343 e. The third kappa shape index (κ3) is 1.99. The van der Waals surface area contributed by atoms with Crippen LogP contribution in [0.2, 0.25) is 0 Å². The van der Waals surface area contributed by atoms with Crippen molar-refractivity contribution >= 4 is 27.4 Å². The van der Waals surface area contributed by atoms with Gasteiger partial charge in [-0.2, -0.15) is 5.10 Å². The lowest BCUT2D eigenvalue weighted by atomic mass is 10.3. The molecule has 0 radical (unpaired) electrons. The molecule has 0 aliphatic rings. The van der Waals surface area contributed by atoms with Crippen molar-refractivity contribution in [3.63, 3.8) is 0 Å². The normalized spacial score (nSPS) is 12.7. The van der Waals surface area contributed by atoms with E-state index < -0.39 is 0 Å². The van der Waals surface area contributed by atoms with Gasteiger partial charge in [-0.05, 0) is 18.4 Å². The van der Waals surface area contributed by atoms with Crippen molar-refractivity contribution in [3.8, 4) is 0 Å². The van der Waals surface area contributed by atoms with Gasteiger partial charge in [0.15, 0.2) is 5.82 Å². The number of fused-ring (bicyclic) bond motifs is 1. The first-order valence-corrected chi connectivity index (χ1v) is 6.61. The number of H-pyrrole nitrogens is 1. The lowest BCUT2D eigenvalue weighted by Crippen LogP contribution is -2.18. The second-order valence-electron chi connectivity index (χ2n) is 4.17. The Morgan fingerprint density at radius 1 is 1.47 bits per heavy atom. The summed E-state index contributed by atoms with van der Waals surface area (Å²) in [4.78, 5) is 19.8. The minimum absolute atomic E-state index is 0.135. The summed E-state index contributed by atoms with van der Waals surface area (Å²) in [5, 5.41) is 11.7. The van der Waals surface area contributed by atoms with Crippen molar-refractivity contribution in [1.82, 2.24) is 24.7 Å². The van der Waals surface area contributed by atoms with Crippen LogP contribution >= 0.6 is 11.3 Å². The Morgan fingerprint density at radius 3 is 3.05 bits per heavy atom. The molecular weight excluding hydrogens is 264 g/mol. The lowest BCUT2D eigenvalue weighted by Gasteiger charge is -2.13. The fraction of sp³-hybridized carbons (Fsp3) is 0.273. The Morgan fingerprint density at radius 2 is 2.32 bits per heavy atom. The van der Waals surface area contributed by atoms with Crippen molar-refractivity contribution in [1.29, 1.82) is 0 Å². The number of aromatic amines is 1. The van der Waals surface area contributed by atoms with Gasteiger partial charge in [-0.15, -0.1) is 11.3 Å². The van der Waals surface area contributed by atoms with Crippen LogP contribution in [0.3, 0.4) is 0 Å². The molecule has 8 heteroatoms. The average molecular weight is 276 g/mol. The Kier molecular flexibility index (Phi) is 2.79. The van der Waals surface area contributed by atoms with E-state index in [1.165, 1.54) is 10.9 Å². The van der Waals surface area contributed by atoms with E-state index in [2.05, 4.69) is 25.5 Å². The molecule has 0 spiro atoms. The summed E-state index contributed by atoms with van der Waals surface area (Å²) in [6.07, 6.45) is 1.52. The van der Waals surface area contributed by atoms with Crippen molar-refractivity contribution in [2.75, 3.05) is 5.32 Å². The molecule has 0 saturated heterocycles. The molecular formula is C11H12N6OS. The molecule has 98 valence electrons. The van der Waals surface area contributed by atoms with Gasteiger partial charge >= 0.3 is 5.69 Å². The summed E-state index contributed by atoms with van der Waals surface area (Å²) in [7, 11) is 1.68. The van der Waals surface area contributed by atoms with E-state index in [0.29, 0.717) is 5.82 Å². The van der Waals surface area contributed by atoms with E-state index in [-0.39, 0.29) is 11.7 Å². The maximum absolute atomic E-state index is 11.4. The number of hydrogen-bond donors (Lipinski definition) is 2. The summed E-state index contributed by atoms with van der Waals surface area (Å²) in [6.45, 7) is 1.93. The minimum Gasteiger partial charge on any atom is -0.359 e. The monoisotopic (exact) mass is 276 g/mol. The molecule has 0 bridgehead atoms. The second-order valence-corrected chi connectivity index (χ2v) is 5.09. The van der Waals surface area contributed by atoms with Crippen LogP contribution in [0.1, 0.15) is 18.8 Å². The molecule has 1 unspecified atom stereocenters. The molecule has 3 heterocycles. The maximum atomic E-state index is 11.4. The third-order valence-electron chi connectivity index (χ3n) is 2.90. The Balaban J connectivity index is 1.95. The molecule has 3 aromatic rings. The van der Waals surface area contributed by atoms with E-state index in [1.807, 2.05) is 18.4 Å². The van der Waals surface area contributed by atoms with E-state index >= 15 is 0 Å². The lowest BCUT2D eigenvalue weighted by molar-refractivity contribution is 0.708. The molecule has 0 fully saturated rings. The first-order valence-electron chi connectivity index (χ1n) is 5.73. The van der Waals surface area contributed by atoms with Gasteiger partial charge in [0.25, 0.3) is 0 Å². The molecule has 19 heavy (non-hydrogen) atoms. The predicted octanol–water partition coefficient (Wildman–Crippen LogP) is 1.29. The van der Waals surface area contributed by atoms with Crippen LogP contribution < -0.4 is 11.0 Å². The number of nitrogens with one attached hydrogen (secondary N) is 2. The fourth-order valence-electron chi connectivity index (χ4n) is 1.91. The molecule has 0 aromatic carbocycles. The minimum atomic E-state index is -0.229. The molecule has 1 atom stereocenters. The number of anilines is 1. The van der Waals surface area contributed by atoms with Crippen LogP contribution in [-0.4, -0.2) is 24.7 Å². The highest BCUT2D eigenvalue weighted by Crippen LogP contribution is 2.27.